The third kappa shape index (κ3) is 9.23. The van der Waals surface area contributed by atoms with Crippen molar-refractivity contribution in [3.63, 3.8) is 0 Å². The Labute approximate surface area is 277 Å². The lowest BCUT2D eigenvalue weighted by molar-refractivity contribution is -0.131. The van der Waals surface area contributed by atoms with Crippen molar-refractivity contribution >= 4 is 12.1 Å². The second-order valence-corrected chi connectivity index (χ2v) is 11.5. The maximum absolute atomic E-state index is 12.7. The van der Waals surface area contributed by atoms with Crippen LogP contribution >= 0.6 is 0 Å². The Kier molecular flexibility index (Phi) is 15.0. The summed E-state index contributed by atoms with van der Waals surface area (Å²) >= 11 is 0. The van der Waals surface area contributed by atoms with Gasteiger partial charge in [-0.1, -0.05) is 106 Å². The molecule has 0 saturated heterocycles. The predicted octanol–water partition coefficient (Wildman–Crippen LogP) is 11.0. The average Bonchev–Trinajstić information content (AvgIpc) is 2.95. The first kappa shape index (κ1) is 41.4. The number of ether oxygens (including phenoxy) is 4. The van der Waals surface area contributed by atoms with E-state index in [2.05, 4.69) is 39.8 Å². The van der Waals surface area contributed by atoms with E-state index in [4.69, 9.17) is 18.9 Å². The Morgan fingerprint density at radius 3 is 1.28 bits per heavy atom. The van der Waals surface area contributed by atoms with Crippen LogP contribution in [-0.4, -0.2) is 19.2 Å². The zero-order chi connectivity index (χ0) is 30.7. The van der Waals surface area contributed by atoms with Gasteiger partial charge in [0.05, 0.1) is 7.11 Å². The predicted molar refractivity (Wildman–Crippen MR) is 191 cm³/mol. The normalized spacial score (nSPS) is 10.5. The lowest BCUT2D eigenvalue weighted by Gasteiger charge is -2.27. The molecular weight excluding hydrogens is 576 g/mol. The molecule has 4 aromatic rings. The van der Waals surface area contributed by atoms with Gasteiger partial charge in [0, 0.05) is 17.8 Å². The fraction of sp³-hybridized carbons (Fsp3) is 0.350. The van der Waals surface area contributed by atoms with E-state index in [-0.39, 0.29) is 46.5 Å². The van der Waals surface area contributed by atoms with Crippen LogP contribution in [0.3, 0.4) is 0 Å². The minimum absolute atomic E-state index is 0. The average molecular weight is 631 g/mol. The van der Waals surface area contributed by atoms with Crippen molar-refractivity contribution in [2.75, 3.05) is 7.11 Å². The summed E-state index contributed by atoms with van der Waals surface area (Å²) in [6, 6.07) is 27.0. The molecule has 250 valence electrons. The van der Waals surface area contributed by atoms with Crippen LogP contribution in [0.2, 0.25) is 0 Å². The summed E-state index contributed by atoms with van der Waals surface area (Å²) in [7, 11) is 1.65. The van der Waals surface area contributed by atoms with E-state index < -0.39 is 6.16 Å². The van der Waals surface area contributed by atoms with E-state index in [9.17, 15) is 9.59 Å². The highest BCUT2D eigenvalue weighted by atomic mass is 16.7. The molecule has 0 amide bonds. The van der Waals surface area contributed by atoms with Gasteiger partial charge in [-0.2, -0.15) is 0 Å². The highest BCUT2D eigenvalue weighted by Crippen LogP contribution is 2.36. The molecule has 46 heavy (non-hydrogen) atoms. The van der Waals surface area contributed by atoms with Crippen molar-refractivity contribution < 1.29 is 28.5 Å². The molecule has 0 bridgehead atoms. The summed E-state index contributed by atoms with van der Waals surface area (Å²) in [6.45, 7) is 13.7. The molecule has 0 spiro atoms. The molecule has 0 aromatic heterocycles. The van der Waals surface area contributed by atoms with Gasteiger partial charge in [-0.25, -0.2) is 4.79 Å². The zero-order valence-electron chi connectivity index (χ0n) is 25.5. The zero-order valence-corrected chi connectivity index (χ0v) is 25.5. The summed E-state index contributed by atoms with van der Waals surface area (Å²) < 4.78 is 21.6. The van der Waals surface area contributed by atoms with Crippen LogP contribution in [0.25, 0.3) is 0 Å². The number of carbonyl (C=O) groups is 2. The molecule has 0 aliphatic carbocycles. The summed E-state index contributed by atoms with van der Waals surface area (Å²) in [6.07, 6.45) is -0.802. The lowest BCUT2D eigenvalue weighted by atomic mass is 9.77. The van der Waals surface area contributed by atoms with E-state index in [0.29, 0.717) is 17.2 Å². The van der Waals surface area contributed by atoms with Gasteiger partial charge in [-0.15, -0.1) is 0 Å². The molecule has 4 aromatic carbocycles. The van der Waals surface area contributed by atoms with Crippen LogP contribution in [0.1, 0.15) is 97.7 Å². The van der Waals surface area contributed by atoms with Crippen LogP contribution in [-0.2, 0) is 15.6 Å². The second kappa shape index (κ2) is 16.6. The summed E-state index contributed by atoms with van der Waals surface area (Å²) in [5, 5.41) is 0. The number of hydrogen-bond acceptors (Lipinski definition) is 6. The fourth-order valence-electron chi connectivity index (χ4n) is 4.95. The van der Waals surface area contributed by atoms with Crippen molar-refractivity contribution in [3.05, 3.63) is 118 Å². The minimum Gasteiger partial charge on any atom is -0.497 e. The van der Waals surface area contributed by atoms with Crippen LogP contribution in [0.5, 0.6) is 23.0 Å². The standard InChI is InChI=1S/C36H38O6.4CH4/c1-23-21-28(13-19-32(23)40-25(3)37)36(6,7)29-14-20-33(24(2)22-29)42-34(38)41-31-17-11-27(12-18-31)35(4,5)26-9-15-30(39-8)16-10-26;;;;/h9-22H,1-8H3;4*1H4. The van der Waals surface area contributed by atoms with Crippen molar-refractivity contribution in [3.8, 4) is 23.0 Å². The van der Waals surface area contributed by atoms with Crippen LogP contribution in [0.4, 0.5) is 4.79 Å². The molecule has 0 radical (unpaired) electrons. The molecule has 0 fully saturated rings. The first-order valence-electron chi connectivity index (χ1n) is 13.9. The van der Waals surface area contributed by atoms with Crippen molar-refractivity contribution in [2.45, 2.75) is 89.0 Å². The smallest absolute Gasteiger partial charge is 0.497 e. The molecule has 0 atom stereocenters. The molecule has 0 unspecified atom stereocenters. The second-order valence-electron chi connectivity index (χ2n) is 11.5. The van der Waals surface area contributed by atoms with Gasteiger partial charge in [-0.3, -0.25) is 4.79 Å². The van der Waals surface area contributed by atoms with E-state index in [1.165, 1.54) is 6.92 Å². The topological polar surface area (TPSA) is 71.1 Å². The molecular formula is C40H54O6. The third-order valence-corrected chi connectivity index (χ3v) is 7.83. The van der Waals surface area contributed by atoms with Gasteiger partial charge in [0.25, 0.3) is 0 Å². The van der Waals surface area contributed by atoms with Gasteiger partial charge in [0.15, 0.2) is 0 Å². The van der Waals surface area contributed by atoms with Gasteiger partial charge in [0.2, 0.25) is 0 Å². The Bertz CT molecular complexity index is 1580. The Hall–Kier alpha value is -4.58. The molecule has 0 aliphatic heterocycles. The van der Waals surface area contributed by atoms with Crippen LogP contribution in [0.15, 0.2) is 84.9 Å². The SMILES string of the molecule is C.C.C.C.COc1ccc(C(C)(C)c2ccc(OC(=O)Oc3ccc(C(C)(C)c4ccc(OC(C)=O)c(C)c4)cc3C)cc2)cc1. The third-order valence-electron chi connectivity index (χ3n) is 7.83. The number of rotatable bonds is 8. The number of methoxy groups -OCH3 is 1. The van der Waals surface area contributed by atoms with Gasteiger partial charge in [0.1, 0.15) is 23.0 Å². The Balaban J connectivity index is 0.00000506. The van der Waals surface area contributed by atoms with Crippen LogP contribution in [0, 0.1) is 13.8 Å². The maximum Gasteiger partial charge on any atom is 0.519 e. The first-order valence-corrected chi connectivity index (χ1v) is 13.9. The maximum atomic E-state index is 12.7. The Morgan fingerprint density at radius 1 is 0.522 bits per heavy atom. The van der Waals surface area contributed by atoms with E-state index in [1.807, 2.05) is 68.4 Å². The number of aryl methyl sites for hydroxylation is 2. The van der Waals surface area contributed by atoms with E-state index in [0.717, 1.165) is 39.1 Å². The number of benzene rings is 4. The van der Waals surface area contributed by atoms with E-state index in [1.54, 1.807) is 25.3 Å². The highest BCUT2D eigenvalue weighted by Gasteiger charge is 2.26. The van der Waals surface area contributed by atoms with Gasteiger partial charge >= 0.3 is 12.1 Å². The number of carbonyl (C=O) groups excluding carboxylic acids is 2. The molecule has 6 nitrogen and oxygen atoms in total. The fourth-order valence-corrected chi connectivity index (χ4v) is 4.95. The molecule has 0 saturated carbocycles. The number of hydrogen-bond donors (Lipinski definition) is 0. The van der Waals surface area contributed by atoms with E-state index >= 15 is 0 Å². The first-order chi connectivity index (χ1) is 19.8. The molecule has 0 N–H and O–H groups in total. The largest absolute Gasteiger partial charge is 0.519 e. The van der Waals surface area contributed by atoms with Crippen molar-refractivity contribution in [1.29, 1.82) is 0 Å². The Morgan fingerprint density at radius 2 is 0.891 bits per heavy atom. The summed E-state index contributed by atoms with van der Waals surface area (Å²) in [5.74, 6) is 1.85. The molecule has 0 aliphatic rings. The minimum atomic E-state index is -0.802. The quantitative estimate of drug-likeness (QED) is 0.110. The lowest BCUT2D eigenvalue weighted by Crippen LogP contribution is -2.20. The van der Waals surface area contributed by atoms with Gasteiger partial charge < -0.3 is 18.9 Å². The van der Waals surface area contributed by atoms with Crippen molar-refractivity contribution in [1.82, 2.24) is 0 Å². The highest BCUT2D eigenvalue weighted by molar-refractivity contribution is 5.70. The van der Waals surface area contributed by atoms with Crippen LogP contribution < -0.4 is 18.9 Å². The molecule has 0 heterocycles. The monoisotopic (exact) mass is 630 g/mol. The van der Waals surface area contributed by atoms with Crippen molar-refractivity contribution in [2.24, 2.45) is 0 Å². The molecule has 6 heteroatoms. The number of esters is 1. The molecule has 4 rings (SSSR count). The van der Waals surface area contributed by atoms with Gasteiger partial charge in [-0.05, 0) is 83.6 Å². The summed E-state index contributed by atoms with van der Waals surface area (Å²) in [5.41, 5.74) is 5.45. The summed E-state index contributed by atoms with van der Waals surface area (Å²) in [4.78, 5) is 24.0.